The number of ether oxygens (including phenoxy) is 3. The zero-order chi connectivity index (χ0) is 20.9. The molecule has 6 heteroatoms. The van der Waals surface area contributed by atoms with Crippen LogP contribution in [0.15, 0.2) is 48.5 Å². The predicted molar refractivity (Wildman–Crippen MR) is 116 cm³/mol. The van der Waals surface area contributed by atoms with Gasteiger partial charge in [0, 0.05) is 35.7 Å². The standard InChI is InChI=1S/C24H26N2O4/c1-3-29-23-14-22(16-6-4-7-18(12-16)28-2)26-21-10-9-17(13-20(21)23)24(27)25-15-19-8-5-11-30-19/h4,6-7,9-10,12-14,19H,3,5,8,11,15H2,1-2H3,(H,25,27)/t19-/m0/s1. The van der Waals surface area contributed by atoms with Crippen molar-refractivity contribution in [3.63, 3.8) is 0 Å². The zero-order valence-corrected chi connectivity index (χ0v) is 17.3. The first-order chi connectivity index (χ1) is 14.7. The zero-order valence-electron chi connectivity index (χ0n) is 17.3. The van der Waals surface area contributed by atoms with Crippen molar-refractivity contribution in [1.29, 1.82) is 0 Å². The van der Waals surface area contributed by atoms with Crippen LogP contribution in [0.4, 0.5) is 0 Å². The number of carbonyl (C=O) groups is 1. The molecule has 3 aromatic rings. The van der Waals surface area contributed by atoms with Crippen LogP contribution in [0.25, 0.3) is 22.2 Å². The predicted octanol–water partition coefficient (Wildman–Crippen LogP) is 4.22. The number of nitrogens with zero attached hydrogens (tertiary/aromatic N) is 1. The largest absolute Gasteiger partial charge is 0.497 e. The minimum atomic E-state index is -0.119. The summed E-state index contributed by atoms with van der Waals surface area (Å²) < 4.78 is 16.8. The lowest BCUT2D eigenvalue weighted by atomic mass is 10.1. The van der Waals surface area contributed by atoms with Crippen LogP contribution >= 0.6 is 0 Å². The molecule has 6 nitrogen and oxygen atoms in total. The van der Waals surface area contributed by atoms with Crippen LogP contribution in [0.1, 0.15) is 30.1 Å². The first-order valence-corrected chi connectivity index (χ1v) is 10.3. The van der Waals surface area contributed by atoms with Crippen molar-refractivity contribution in [1.82, 2.24) is 10.3 Å². The Morgan fingerprint density at radius 2 is 2.13 bits per heavy atom. The van der Waals surface area contributed by atoms with E-state index in [9.17, 15) is 4.79 Å². The molecule has 156 valence electrons. The van der Waals surface area contributed by atoms with E-state index < -0.39 is 0 Å². The SMILES string of the molecule is CCOc1cc(-c2cccc(OC)c2)nc2ccc(C(=O)NC[C@@H]3CCCO3)cc12. The molecule has 0 unspecified atom stereocenters. The van der Waals surface area contributed by atoms with Crippen LogP contribution in [-0.4, -0.2) is 43.9 Å². The molecular weight excluding hydrogens is 380 g/mol. The quantitative estimate of drug-likeness (QED) is 0.636. The topological polar surface area (TPSA) is 69.7 Å². The average molecular weight is 406 g/mol. The first kappa shape index (κ1) is 20.2. The normalized spacial score (nSPS) is 15.9. The molecule has 1 amide bonds. The van der Waals surface area contributed by atoms with Gasteiger partial charge >= 0.3 is 0 Å². The lowest BCUT2D eigenvalue weighted by molar-refractivity contribution is 0.0858. The molecule has 1 N–H and O–H groups in total. The lowest BCUT2D eigenvalue weighted by Gasteiger charge is -2.13. The molecule has 1 atom stereocenters. The Balaban J connectivity index is 1.65. The van der Waals surface area contributed by atoms with Crippen LogP contribution in [-0.2, 0) is 4.74 Å². The third-order valence-corrected chi connectivity index (χ3v) is 5.21. The Hall–Kier alpha value is -3.12. The highest BCUT2D eigenvalue weighted by atomic mass is 16.5. The van der Waals surface area contributed by atoms with E-state index in [-0.39, 0.29) is 12.0 Å². The third-order valence-electron chi connectivity index (χ3n) is 5.21. The van der Waals surface area contributed by atoms with E-state index in [0.29, 0.717) is 24.5 Å². The number of rotatable bonds is 7. The first-order valence-electron chi connectivity index (χ1n) is 10.3. The van der Waals surface area contributed by atoms with E-state index in [0.717, 1.165) is 47.4 Å². The summed E-state index contributed by atoms with van der Waals surface area (Å²) in [5.74, 6) is 1.35. The highest BCUT2D eigenvalue weighted by Crippen LogP contribution is 2.32. The Morgan fingerprint density at radius 1 is 1.23 bits per heavy atom. The molecule has 1 aliphatic rings. The molecule has 0 spiro atoms. The van der Waals surface area contributed by atoms with Gasteiger partial charge in [-0.3, -0.25) is 4.79 Å². The van der Waals surface area contributed by atoms with Gasteiger partial charge in [-0.15, -0.1) is 0 Å². The van der Waals surface area contributed by atoms with Gasteiger partial charge in [-0.2, -0.15) is 0 Å². The van der Waals surface area contributed by atoms with Gasteiger partial charge in [0.15, 0.2) is 0 Å². The molecule has 2 heterocycles. The highest BCUT2D eigenvalue weighted by molar-refractivity contribution is 5.99. The number of carbonyl (C=O) groups excluding carboxylic acids is 1. The number of hydrogen-bond acceptors (Lipinski definition) is 5. The minimum Gasteiger partial charge on any atom is -0.497 e. The molecule has 0 radical (unpaired) electrons. The number of aromatic nitrogens is 1. The maximum absolute atomic E-state index is 12.6. The monoisotopic (exact) mass is 406 g/mol. The summed E-state index contributed by atoms with van der Waals surface area (Å²) in [6.07, 6.45) is 2.15. The van der Waals surface area contributed by atoms with Gasteiger partial charge in [-0.1, -0.05) is 12.1 Å². The van der Waals surface area contributed by atoms with E-state index in [1.807, 2.05) is 49.4 Å². The maximum atomic E-state index is 12.6. The van der Waals surface area contributed by atoms with E-state index in [4.69, 9.17) is 19.2 Å². The summed E-state index contributed by atoms with van der Waals surface area (Å²) in [7, 11) is 1.64. The second-order valence-corrected chi connectivity index (χ2v) is 7.25. The Labute approximate surface area is 176 Å². The number of amides is 1. The molecule has 0 aliphatic carbocycles. The average Bonchev–Trinajstić information content (AvgIpc) is 3.31. The Bertz CT molecular complexity index is 1040. The van der Waals surface area contributed by atoms with Gasteiger partial charge in [0.2, 0.25) is 0 Å². The van der Waals surface area contributed by atoms with Crippen molar-refractivity contribution >= 4 is 16.8 Å². The molecule has 0 bridgehead atoms. The molecule has 1 aromatic heterocycles. The third kappa shape index (κ3) is 4.39. The van der Waals surface area contributed by atoms with Crippen molar-refractivity contribution in [3.05, 3.63) is 54.1 Å². The van der Waals surface area contributed by atoms with Crippen molar-refractivity contribution in [2.75, 3.05) is 26.9 Å². The summed E-state index contributed by atoms with van der Waals surface area (Å²) in [5.41, 5.74) is 3.09. The highest BCUT2D eigenvalue weighted by Gasteiger charge is 2.17. The fourth-order valence-electron chi connectivity index (χ4n) is 3.66. The number of fused-ring (bicyclic) bond motifs is 1. The van der Waals surface area contributed by atoms with E-state index in [2.05, 4.69) is 5.32 Å². The second-order valence-electron chi connectivity index (χ2n) is 7.25. The Kier molecular flexibility index (Phi) is 6.14. The second kappa shape index (κ2) is 9.13. The van der Waals surface area contributed by atoms with Crippen LogP contribution < -0.4 is 14.8 Å². The summed E-state index contributed by atoms with van der Waals surface area (Å²) in [4.78, 5) is 17.4. The summed E-state index contributed by atoms with van der Waals surface area (Å²) in [6, 6.07) is 15.2. The summed E-state index contributed by atoms with van der Waals surface area (Å²) in [6.45, 7) is 3.76. The van der Waals surface area contributed by atoms with Gasteiger partial charge < -0.3 is 19.5 Å². The number of nitrogens with one attached hydrogen (secondary N) is 1. The Morgan fingerprint density at radius 3 is 2.90 bits per heavy atom. The minimum absolute atomic E-state index is 0.112. The van der Waals surface area contributed by atoms with Crippen molar-refractivity contribution in [3.8, 4) is 22.8 Å². The molecule has 0 saturated carbocycles. The molecular formula is C24H26N2O4. The molecule has 1 aliphatic heterocycles. The lowest BCUT2D eigenvalue weighted by Crippen LogP contribution is -2.31. The van der Waals surface area contributed by atoms with Crippen LogP contribution in [0.2, 0.25) is 0 Å². The molecule has 30 heavy (non-hydrogen) atoms. The van der Waals surface area contributed by atoms with Gasteiger partial charge in [0.05, 0.1) is 31.0 Å². The number of methoxy groups -OCH3 is 1. The van der Waals surface area contributed by atoms with E-state index in [1.165, 1.54) is 0 Å². The van der Waals surface area contributed by atoms with Crippen LogP contribution in [0.5, 0.6) is 11.5 Å². The van der Waals surface area contributed by atoms with Crippen LogP contribution in [0, 0.1) is 0 Å². The molecule has 1 saturated heterocycles. The number of pyridine rings is 1. The van der Waals surface area contributed by atoms with Gasteiger partial charge in [0.25, 0.3) is 5.91 Å². The van der Waals surface area contributed by atoms with Crippen molar-refractivity contribution < 1.29 is 19.0 Å². The maximum Gasteiger partial charge on any atom is 0.251 e. The summed E-state index contributed by atoms with van der Waals surface area (Å²) in [5, 5.41) is 3.78. The van der Waals surface area contributed by atoms with E-state index >= 15 is 0 Å². The molecule has 4 rings (SSSR count). The van der Waals surface area contributed by atoms with Crippen LogP contribution in [0.3, 0.4) is 0 Å². The van der Waals surface area contributed by atoms with Gasteiger partial charge in [-0.05, 0) is 50.1 Å². The fraction of sp³-hybridized carbons (Fsp3) is 0.333. The molecule has 2 aromatic carbocycles. The number of hydrogen-bond donors (Lipinski definition) is 1. The van der Waals surface area contributed by atoms with Gasteiger partial charge in [-0.25, -0.2) is 4.98 Å². The van der Waals surface area contributed by atoms with Crippen molar-refractivity contribution in [2.45, 2.75) is 25.9 Å². The smallest absolute Gasteiger partial charge is 0.251 e. The van der Waals surface area contributed by atoms with Crippen molar-refractivity contribution in [2.24, 2.45) is 0 Å². The number of benzene rings is 2. The van der Waals surface area contributed by atoms with E-state index in [1.54, 1.807) is 13.2 Å². The van der Waals surface area contributed by atoms with Gasteiger partial charge in [0.1, 0.15) is 11.5 Å². The molecule has 1 fully saturated rings. The fourth-order valence-corrected chi connectivity index (χ4v) is 3.66. The summed E-state index contributed by atoms with van der Waals surface area (Å²) >= 11 is 0.